The van der Waals surface area contributed by atoms with E-state index in [1.54, 1.807) is 0 Å². The Hall–Kier alpha value is -2.82. The number of terminal acetylenes is 1. The molecule has 7 nitrogen and oxygen atoms in total. The molecule has 1 aromatic carbocycles. The summed E-state index contributed by atoms with van der Waals surface area (Å²) in [5.74, 6) is 0.0204. The predicted octanol–water partition coefficient (Wildman–Crippen LogP) is -0.206. The molecule has 130 valence electrons. The Balaban J connectivity index is 2.21. The number of Topliss-reactive ketones (excluding diaryl/α,β-unsaturated/α-hetero) is 1. The zero-order valence-corrected chi connectivity index (χ0v) is 13.5. The summed E-state index contributed by atoms with van der Waals surface area (Å²) in [6.45, 7) is 1.40. The average molecular weight is 343 g/mol. The van der Waals surface area contributed by atoms with Gasteiger partial charge in [-0.1, -0.05) is 5.92 Å². The lowest BCUT2D eigenvalue weighted by Gasteiger charge is -2.36. The van der Waals surface area contributed by atoms with E-state index in [-0.39, 0.29) is 47.3 Å². The van der Waals surface area contributed by atoms with Gasteiger partial charge < -0.3 is 25.7 Å². The van der Waals surface area contributed by atoms with Crippen LogP contribution in [-0.2, 0) is 12.8 Å². The van der Waals surface area contributed by atoms with Gasteiger partial charge in [0.2, 0.25) is 5.78 Å². The Kier molecular flexibility index (Phi) is 3.82. The molecule has 0 unspecified atom stereocenters. The van der Waals surface area contributed by atoms with E-state index in [1.165, 1.54) is 6.92 Å². The average Bonchev–Trinajstić information content (AvgIpc) is 2.54. The maximum atomic E-state index is 12.6. The van der Waals surface area contributed by atoms with Crippen molar-refractivity contribution >= 4 is 11.6 Å². The molecule has 2 aliphatic rings. The normalized spacial score (nSPS) is 24.9. The third-order valence-electron chi connectivity index (χ3n) is 4.68. The van der Waals surface area contributed by atoms with Crippen LogP contribution in [-0.4, -0.2) is 50.2 Å². The van der Waals surface area contributed by atoms with Crippen LogP contribution in [0, 0.1) is 12.3 Å². The minimum Gasteiger partial charge on any atom is -0.507 e. The Morgan fingerprint density at radius 1 is 1.28 bits per heavy atom. The molecule has 0 bridgehead atoms. The van der Waals surface area contributed by atoms with Gasteiger partial charge >= 0.3 is 0 Å². The third-order valence-corrected chi connectivity index (χ3v) is 4.68. The van der Waals surface area contributed by atoms with Crippen LogP contribution in [0.4, 0.5) is 0 Å². The highest BCUT2D eigenvalue weighted by Crippen LogP contribution is 2.45. The molecule has 0 amide bonds. The second kappa shape index (κ2) is 5.62. The summed E-state index contributed by atoms with van der Waals surface area (Å²) >= 11 is 0. The van der Waals surface area contributed by atoms with Gasteiger partial charge in [-0.05, 0) is 6.92 Å². The Morgan fingerprint density at radius 3 is 2.56 bits per heavy atom. The predicted molar refractivity (Wildman–Crippen MR) is 87.4 cm³/mol. The smallest absolute Gasteiger partial charge is 0.213 e. The number of carbonyl (C=O) groups excluding carboxylic acids is 2. The van der Waals surface area contributed by atoms with Gasteiger partial charge in [-0.25, -0.2) is 0 Å². The molecule has 25 heavy (non-hydrogen) atoms. The number of aromatic hydroxyl groups is 2. The van der Waals surface area contributed by atoms with Gasteiger partial charge in [-0.3, -0.25) is 9.59 Å². The molecule has 2 atom stereocenters. The lowest BCUT2D eigenvalue weighted by Crippen LogP contribution is -2.46. The highest BCUT2D eigenvalue weighted by atomic mass is 16.3. The minimum absolute atomic E-state index is 0.0127. The van der Waals surface area contributed by atoms with E-state index in [2.05, 4.69) is 11.2 Å². The number of aliphatic hydroxyl groups is 2. The number of hydrogen-bond donors (Lipinski definition) is 5. The first-order valence-electron chi connectivity index (χ1n) is 7.67. The lowest BCUT2D eigenvalue weighted by molar-refractivity contribution is -0.0668. The number of nitrogens with one attached hydrogen (secondary N) is 1. The van der Waals surface area contributed by atoms with Crippen molar-refractivity contribution in [1.29, 1.82) is 0 Å². The fourth-order valence-corrected chi connectivity index (χ4v) is 3.27. The van der Waals surface area contributed by atoms with E-state index < -0.39 is 34.8 Å². The van der Waals surface area contributed by atoms with E-state index in [4.69, 9.17) is 6.42 Å². The molecule has 0 aliphatic heterocycles. The quantitative estimate of drug-likeness (QED) is 0.371. The number of benzene rings is 1. The van der Waals surface area contributed by atoms with Crippen LogP contribution in [0.2, 0.25) is 0 Å². The summed E-state index contributed by atoms with van der Waals surface area (Å²) in [4.78, 5) is 25.0. The monoisotopic (exact) mass is 343 g/mol. The lowest BCUT2D eigenvalue weighted by atomic mass is 9.75. The number of phenols is 2. The van der Waals surface area contributed by atoms with Gasteiger partial charge in [0.15, 0.2) is 5.78 Å². The Labute approximate surface area is 143 Å². The number of hydrogen-bond acceptors (Lipinski definition) is 7. The molecule has 5 N–H and O–H groups in total. The van der Waals surface area contributed by atoms with Crippen molar-refractivity contribution < 1.29 is 30.0 Å². The first-order valence-corrected chi connectivity index (χ1v) is 7.67. The molecule has 7 heteroatoms. The van der Waals surface area contributed by atoms with Crippen molar-refractivity contribution in [3.63, 3.8) is 0 Å². The highest BCUT2D eigenvalue weighted by molar-refractivity contribution is 6.26. The van der Waals surface area contributed by atoms with Gasteiger partial charge in [0, 0.05) is 30.0 Å². The van der Waals surface area contributed by atoms with Crippen LogP contribution in [0.5, 0.6) is 11.5 Å². The first kappa shape index (κ1) is 17.0. The molecular weight excluding hydrogens is 326 g/mol. The van der Waals surface area contributed by atoms with Crippen molar-refractivity contribution in [1.82, 2.24) is 5.32 Å². The molecule has 0 fully saturated rings. The van der Waals surface area contributed by atoms with Crippen molar-refractivity contribution in [2.45, 2.75) is 31.5 Å². The van der Waals surface area contributed by atoms with Gasteiger partial charge in [0.1, 0.15) is 11.5 Å². The molecule has 3 rings (SSSR count). The molecular formula is C18H17NO6. The van der Waals surface area contributed by atoms with Crippen molar-refractivity contribution in [2.24, 2.45) is 0 Å². The molecule has 2 aliphatic carbocycles. The number of allylic oxidation sites excluding steroid dienone is 2. The maximum Gasteiger partial charge on any atom is 0.213 e. The van der Waals surface area contributed by atoms with E-state index in [0.717, 1.165) is 6.08 Å². The summed E-state index contributed by atoms with van der Waals surface area (Å²) in [7, 11) is 0. The zero-order chi connectivity index (χ0) is 18.5. The van der Waals surface area contributed by atoms with Crippen LogP contribution < -0.4 is 5.32 Å². The fourth-order valence-electron chi connectivity index (χ4n) is 3.27. The van der Waals surface area contributed by atoms with Gasteiger partial charge in [0.05, 0.1) is 35.1 Å². The molecule has 1 aromatic rings. The molecule has 0 heterocycles. The minimum atomic E-state index is -1.53. The Morgan fingerprint density at radius 2 is 1.92 bits per heavy atom. The first-order chi connectivity index (χ1) is 11.7. The number of phenolic OH excluding ortho intramolecular Hbond substituents is 2. The van der Waals surface area contributed by atoms with Gasteiger partial charge in [-0.2, -0.15) is 0 Å². The summed E-state index contributed by atoms with van der Waals surface area (Å²) in [6.07, 6.45) is 4.65. The highest BCUT2D eigenvalue weighted by Gasteiger charge is 2.42. The van der Waals surface area contributed by atoms with E-state index in [0.29, 0.717) is 0 Å². The molecule has 0 saturated heterocycles. The fraction of sp³-hybridized carbons (Fsp3) is 0.333. The van der Waals surface area contributed by atoms with E-state index in [1.807, 2.05) is 0 Å². The van der Waals surface area contributed by atoms with Crippen LogP contribution in [0.15, 0.2) is 11.8 Å². The van der Waals surface area contributed by atoms with Gasteiger partial charge in [0.25, 0.3) is 0 Å². The maximum absolute atomic E-state index is 12.6. The van der Waals surface area contributed by atoms with Crippen molar-refractivity contribution in [3.05, 3.63) is 34.0 Å². The number of fused-ring (bicyclic) bond motifs is 2. The SMILES string of the molecule is C#CCNC1=CC(=O)c2c(O)c3c(c(O)c2C1=O)C[C@](C)(O)[C@H](O)C3. The molecule has 0 spiro atoms. The zero-order valence-electron chi connectivity index (χ0n) is 13.5. The summed E-state index contributed by atoms with van der Waals surface area (Å²) in [5.41, 5.74) is -1.94. The van der Waals surface area contributed by atoms with E-state index >= 15 is 0 Å². The summed E-state index contributed by atoms with van der Waals surface area (Å²) in [6, 6.07) is 0. The number of rotatable bonds is 2. The van der Waals surface area contributed by atoms with Crippen LogP contribution in [0.25, 0.3) is 0 Å². The standard InChI is InChI=1S/C18H17NO6/c1-3-4-19-10-6-11(20)13-14(17(10)24)16(23)9-7-18(2,25)12(21)5-8(9)15(13)22/h1,6,12,19,21-23,25H,4-5,7H2,2H3/t12-,18+/m1/s1. The Bertz CT molecular complexity index is 875. The van der Waals surface area contributed by atoms with Crippen LogP contribution in [0.1, 0.15) is 38.8 Å². The van der Waals surface area contributed by atoms with Crippen molar-refractivity contribution in [2.75, 3.05) is 6.54 Å². The molecule has 0 aromatic heterocycles. The summed E-state index contributed by atoms with van der Waals surface area (Å²) in [5, 5.41) is 44.0. The molecule has 0 saturated carbocycles. The van der Waals surface area contributed by atoms with Crippen LogP contribution in [0.3, 0.4) is 0 Å². The van der Waals surface area contributed by atoms with Crippen molar-refractivity contribution in [3.8, 4) is 23.8 Å². The topological polar surface area (TPSA) is 127 Å². The van der Waals surface area contributed by atoms with E-state index in [9.17, 15) is 30.0 Å². The van der Waals surface area contributed by atoms with Gasteiger partial charge in [-0.15, -0.1) is 6.42 Å². The molecule has 0 radical (unpaired) electrons. The number of aliphatic hydroxyl groups excluding tert-OH is 1. The second-order valence-corrected chi connectivity index (χ2v) is 6.47. The largest absolute Gasteiger partial charge is 0.507 e. The second-order valence-electron chi connectivity index (χ2n) is 6.47. The third kappa shape index (κ3) is 2.47. The number of ketones is 2. The summed E-state index contributed by atoms with van der Waals surface area (Å²) < 4.78 is 0. The number of carbonyl (C=O) groups is 2. The van der Waals surface area contributed by atoms with Crippen LogP contribution >= 0.6 is 0 Å².